The van der Waals surface area contributed by atoms with E-state index in [4.69, 9.17) is 0 Å². The lowest BCUT2D eigenvalue weighted by Gasteiger charge is -2.46. The number of hydrogen-bond donors (Lipinski definition) is 6. The fourth-order valence-corrected chi connectivity index (χ4v) is 5.53. The zero-order valence-corrected chi connectivity index (χ0v) is 12.4. The van der Waals surface area contributed by atoms with Gasteiger partial charge in [0.2, 0.25) is 0 Å². The number of aliphatic hydroxyl groups excluding tert-OH is 3. The van der Waals surface area contributed by atoms with Gasteiger partial charge in [-0.05, 0) is 0 Å². The van der Waals surface area contributed by atoms with Crippen LogP contribution >= 0.6 is 24.1 Å². The Kier molecular flexibility index (Phi) is 5.01. The second-order valence-corrected chi connectivity index (χ2v) is 7.83. The third kappa shape index (κ3) is 2.05. The lowest BCUT2D eigenvalue weighted by molar-refractivity contribution is -0.310. The van der Waals surface area contributed by atoms with Gasteiger partial charge < -0.3 is 45.3 Å². The second kappa shape index (κ2) is 5.54. The molecule has 0 saturated heterocycles. The van der Waals surface area contributed by atoms with Gasteiger partial charge in [-0.1, -0.05) is 13.7 Å². The Balaban J connectivity index is 3.85. The molecule has 15 heteroatoms. The van der Waals surface area contributed by atoms with E-state index < -0.39 is 58.4 Å². The van der Waals surface area contributed by atoms with Gasteiger partial charge >= 0.3 is 40.1 Å². The maximum atomic E-state index is 11.1. The molecule has 1 fully saturated rings. The Morgan fingerprint density at radius 1 is 0.714 bits per heavy atom. The van der Waals surface area contributed by atoms with Crippen molar-refractivity contribution in [2.24, 2.45) is 0 Å². The fourth-order valence-electron chi connectivity index (χ4n) is 2.07. The van der Waals surface area contributed by atoms with Crippen LogP contribution in [0.1, 0.15) is 0 Å². The third-order valence-electron chi connectivity index (χ3n) is 3.32. The smallest absolute Gasteiger partial charge is 0.414 e. The molecule has 0 aromatic heterocycles. The topological polar surface area (TPSA) is 242 Å². The second-order valence-electron chi connectivity index (χ2n) is 4.28. The van der Waals surface area contributed by atoms with E-state index in [2.05, 4.69) is 0 Å². The number of rotatable bonds is 3. The lowest BCUT2D eigenvalue weighted by Crippen LogP contribution is -2.80. The van der Waals surface area contributed by atoms with Gasteiger partial charge in [-0.3, -0.25) is 0 Å². The largest absolute Gasteiger partial charge is 0.593 e. The summed E-state index contributed by atoms with van der Waals surface area (Å²) in [6.45, 7) is 0. The summed E-state index contributed by atoms with van der Waals surface area (Å²) in [5.74, 6) is 0. The monoisotopic (exact) mass is 366 g/mol. The molecule has 0 heterocycles. The van der Waals surface area contributed by atoms with Gasteiger partial charge in [0.05, 0.1) is 0 Å². The Morgan fingerprint density at radius 3 is 1.19 bits per heavy atom. The van der Waals surface area contributed by atoms with Crippen LogP contribution in [0, 0.1) is 0 Å². The minimum atomic E-state index is -4.66. The van der Waals surface area contributed by atoms with Gasteiger partial charge in [0.1, 0.15) is 6.10 Å². The molecular weight excluding hydrogens is 357 g/mol. The van der Waals surface area contributed by atoms with Crippen molar-refractivity contribution in [3.63, 3.8) is 0 Å². The molecule has 1 rings (SSSR count). The van der Waals surface area contributed by atoms with E-state index in [1.807, 2.05) is 0 Å². The first kappa shape index (κ1) is 19.0. The van der Waals surface area contributed by atoms with Crippen LogP contribution in [0.15, 0.2) is 0 Å². The Labute approximate surface area is 118 Å². The van der Waals surface area contributed by atoms with E-state index in [9.17, 15) is 59.0 Å². The molecule has 9 atom stereocenters. The summed E-state index contributed by atoms with van der Waals surface area (Å²) in [7, 11) is -13.7. The van der Waals surface area contributed by atoms with Crippen molar-refractivity contribution >= 4 is 24.1 Å². The molecule has 1 aliphatic carbocycles. The highest BCUT2D eigenvalue weighted by molar-refractivity contribution is 7.46. The molecule has 0 radical (unpaired) electrons. The molecule has 1 aliphatic rings. The summed E-state index contributed by atoms with van der Waals surface area (Å²) in [5, 5.41) is 45.0. The van der Waals surface area contributed by atoms with Crippen LogP contribution in [-0.4, -0.2) is 65.0 Å². The first-order valence-corrected chi connectivity index (χ1v) is 8.49. The van der Waals surface area contributed by atoms with E-state index in [-0.39, 0.29) is 0 Å². The number of aliphatic hydroxyl groups is 6. The van der Waals surface area contributed by atoms with Gasteiger partial charge in [-0.15, -0.1) is 0 Å². The van der Waals surface area contributed by atoms with Gasteiger partial charge in [-0.2, -0.15) is 0 Å². The minimum absolute atomic E-state index is 2.80. The van der Waals surface area contributed by atoms with Crippen molar-refractivity contribution in [1.29, 1.82) is 0 Å². The molecule has 0 aromatic rings. The average molecular weight is 366 g/mol. The third-order valence-corrected chi connectivity index (χ3v) is 7.17. The zero-order valence-electron chi connectivity index (χ0n) is 9.71. The summed E-state index contributed by atoms with van der Waals surface area (Å²) >= 11 is 0. The zero-order chi connectivity index (χ0) is 17.0. The normalized spacial score (nSPS) is 49.6. The molecule has 0 spiro atoms. The predicted octanol–water partition coefficient (Wildman–Crippen LogP) is -5.54. The molecule has 120 valence electrons. The Hall–Kier alpha value is -0.0600. The molecule has 12 nitrogen and oxygen atoms in total. The van der Waals surface area contributed by atoms with Gasteiger partial charge in [-0.25, -0.2) is 0 Å². The molecule has 6 N–H and O–H groups in total. The number of hydrogen-bond acceptors (Lipinski definition) is 12. The molecule has 1 saturated carbocycles. The maximum Gasteiger partial charge on any atom is 0.414 e. The molecule has 0 aliphatic heterocycles. The van der Waals surface area contributed by atoms with Crippen LogP contribution in [0.4, 0.5) is 0 Å². The predicted molar refractivity (Wildman–Crippen MR) is 55.7 cm³/mol. The SMILES string of the molecule is O=[P+]([O-])C1(O)[C@](O)([P+](=O)[O-])[C@@H](O)C(O)[C@@H](O)[C@]1(O)[P+](=O)[O-]. The first-order chi connectivity index (χ1) is 9.31. The van der Waals surface area contributed by atoms with E-state index in [0.717, 1.165) is 0 Å². The highest BCUT2D eigenvalue weighted by atomic mass is 31.1. The Bertz CT molecular complexity index is 475. The minimum Gasteiger partial charge on any atom is -0.593 e. The summed E-state index contributed by atoms with van der Waals surface area (Å²) in [6.07, 6.45) is -8.85. The molecular formula is C6H9O12P3. The average Bonchev–Trinajstić information content (AvgIpc) is 2.39. The molecule has 0 bridgehead atoms. The van der Waals surface area contributed by atoms with E-state index >= 15 is 0 Å². The van der Waals surface area contributed by atoms with Crippen molar-refractivity contribution in [2.45, 2.75) is 34.3 Å². The molecule has 5 unspecified atom stereocenters. The molecule has 0 amide bonds. The van der Waals surface area contributed by atoms with Gasteiger partial charge in [0.15, 0.2) is 12.2 Å². The van der Waals surface area contributed by atoms with Crippen LogP contribution < -0.4 is 14.7 Å². The van der Waals surface area contributed by atoms with Gasteiger partial charge in [0.25, 0.3) is 0 Å². The van der Waals surface area contributed by atoms with Crippen LogP contribution in [-0.2, 0) is 13.7 Å². The first-order valence-electron chi connectivity index (χ1n) is 4.96. The van der Waals surface area contributed by atoms with Gasteiger partial charge in [0, 0.05) is 0 Å². The van der Waals surface area contributed by atoms with Crippen molar-refractivity contribution < 1.29 is 59.0 Å². The van der Waals surface area contributed by atoms with E-state index in [1.165, 1.54) is 0 Å². The summed E-state index contributed by atoms with van der Waals surface area (Å²) in [6, 6.07) is 0. The van der Waals surface area contributed by atoms with Crippen LogP contribution in [0.3, 0.4) is 0 Å². The lowest BCUT2D eigenvalue weighted by atomic mass is 9.83. The van der Waals surface area contributed by atoms with Crippen molar-refractivity contribution in [3.05, 3.63) is 0 Å². The highest BCUT2D eigenvalue weighted by Crippen LogP contribution is 2.64. The van der Waals surface area contributed by atoms with Crippen molar-refractivity contribution in [2.75, 3.05) is 0 Å². The van der Waals surface area contributed by atoms with E-state index in [1.54, 1.807) is 0 Å². The molecule has 21 heavy (non-hydrogen) atoms. The Morgan fingerprint density at radius 2 is 1.00 bits per heavy atom. The highest BCUT2D eigenvalue weighted by Gasteiger charge is 2.93. The summed E-state index contributed by atoms with van der Waals surface area (Å²) in [5.41, 5.74) is 0. The van der Waals surface area contributed by atoms with E-state index in [0.29, 0.717) is 0 Å². The van der Waals surface area contributed by atoms with Crippen LogP contribution in [0.5, 0.6) is 0 Å². The molecule has 0 aromatic carbocycles. The maximum absolute atomic E-state index is 11.1. The summed E-state index contributed by atoms with van der Waals surface area (Å²) < 4.78 is 33.3. The van der Waals surface area contributed by atoms with Crippen LogP contribution in [0.25, 0.3) is 0 Å². The van der Waals surface area contributed by atoms with Crippen molar-refractivity contribution in [3.8, 4) is 0 Å². The van der Waals surface area contributed by atoms with Crippen molar-refractivity contribution in [1.82, 2.24) is 0 Å². The standard InChI is InChI=1S/C6H9O12P3/c7-1-2(8)4(10,19(13)14)6(12,21(17)18)5(11,3(1)9)20(15)16/h1-3,7-12H/t1?,2-,3+,4+,5-,6?. The summed E-state index contributed by atoms with van der Waals surface area (Å²) in [4.78, 5) is 33.3. The fraction of sp³-hybridized carbons (Fsp3) is 1.00. The van der Waals surface area contributed by atoms with Crippen LogP contribution in [0.2, 0.25) is 0 Å². The quantitative estimate of drug-likeness (QED) is 0.256.